The van der Waals surface area contributed by atoms with Crippen molar-refractivity contribution >= 4 is 11.7 Å². The molecular formula is C17H22N2O3. The lowest BCUT2D eigenvalue weighted by atomic mass is 10.2. The predicted molar refractivity (Wildman–Crippen MR) is 85.9 cm³/mol. The fraction of sp³-hybridized carbons (Fsp3) is 0.353. The normalized spacial score (nSPS) is 10.5. The molecule has 0 aliphatic rings. The fourth-order valence-corrected chi connectivity index (χ4v) is 2.14. The van der Waals surface area contributed by atoms with Crippen molar-refractivity contribution in [3.63, 3.8) is 0 Å². The Labute approximate surface area is 130 Å². The van der Waals surface area contributed by atoms with Gasteiger partial charge in [-0.05, 0) is 43.7 Å². The lowest BCUT2D eigenvalue weighted by Gasteiger charge is -2.22. The summed E-state index contributed by atoms with van der Waals surface area (Å²) in [4.78, 5) is 14.1. The zero-order valence-corrected chi connectivity index (χ0v) is 13.3. The Hall–Kier alpha value is -2.27. The highest BCUT2D eigenvalue weighted by molar-refractivity contribution is 5.89. The first kappa shape index (κ1) is 16.1. The SMILES string of the molecule is COCCN(Cc1ccc(C)o1)C(=O)Nc1cccc(C)c1. The number of rotatable bonds is 6. The quantitative estimate of drug-likeness (QED) is 0.887. The van der Waals surface area contributed by atoms with Crippen molar-refractivity contribution in [2.75, 3.05) is 25.6 Å². The summed E-state index contributed by atoms with van der Waals surface area (Å²) < 4.78 is 10.6. The molecule has 1 aromatic carbocycles. The molecule has 0 atom stereocenters. The number of nitrogens with one attached hydrogen (secondary N) is 1. The summed E-state index contributed by atoms with van der Waals surface area (Å²) >= 11 is 0. The van der Waals surface area contributed by atoms with Gasteiger partial charge in [0.2, 0.25) is 0 Å². The number of furan rings is 1. The number of benzene rings is 1. The minimum atomic E-state index is -0.170. The Morgan fingerprint density at radius 1 is 1.27 bits per heavy atom. The molecule has 0 aliphatic heterocycles. The maximum Gasteiger partial charge on any atom is 0.322 e. The molecular weight excluding hydrogens is 280 g/mol. The highest BCUT2D eigenvalue weighted by Crippen LogP contribution is 2.13. The van der Waals surface area contributed by atoms with E-state index in [2.05, 4.69) is 5.32 Å². The number of hydrogen-bond acceptors (Lipinski definition) is 3. The molecule has 0 saturated carbocycles. The van der Waals surface area contributed by atoms with Crippen molar-refractivity contribution in [3.8, 4) is 0 Å². The molecule has 22 heavy (non-hydrogen) atoms. The van der Waals surface area contributed by atoms with Gasteiger partial charge in [0.25, 0.3) is 0 Å². The molecule has 0 spiro atoms. The first-order valence-electron chi connectivity index (χ1n) is 7.25. The second-order valence-electron chi connectivity index (χ2n) is 5.23. The summed E-state index contributed by atoms with van der Waals surface area (Å²) in [6, 6.07) is 11.3. The molecule has 5 heteroatoms. The Morgan fingerprint density at radius 2 is 2.09 bits per heavy atom. The summed E-state index contributed by atoms with van der Waals surface area (Å²) in [5.41, 5.74) is 1.88. The monoisotopic (exact) mass is 302 g/mol. The molecule has 0 aliphatic carbocycles. The molecule has 5 nitrogen and oxygen atoms in total. The van der Waals surface area contributed by atoms with Crippen molar-refractivity contribution in [2.45, 2.75) is 20.4 Å². The van der Waals surface area contributed by atoms with Gasteiger partial charge in [0.1, 0.15) is 11.5 Å². The van der Waals surface area contributed by atoms with Crippen LogP contribution in [0.5, 0.6) is 0 Å². The molecule has 0 unspecified atom stereocenters. The summed E-state index contributed by atoms with van der Waals surface area (Å²) in [6.45, 7) is 5.25. The molecule has 0 fully saturated rings. The molecule has 0 bridgehead atoms. The van der Waals surface area contributed by atoms with E-state index < -0.39 is 0 Å². The van der Waals surface area contributed by atoms with Crippen molar-refractivity contribution in [1.82, 2.24) is 4.90 Å². The number of carbonyl (C=O) groups excluding carboxylic acids is 1. The van der Waals surface area contributed by atoms with Crippen molar-refractivity contribution in [3.05, 3.63) is 53.5 Å². The number of ether oxygens (including phenoxy) is 1. The van der Waals surface area contributed by atoms with E-state index in [1.54, 1.807) is 12.0 Å². The molecule has 118 valence electrons. The van der Waals surface area contributed by atoms with Crippen molar-refractivity contribution in [1.29, 1.82) is 0 Å². The van der Waals surface area contributed by atoms with Crippen molar-refractivity contribution < 1.29 is 13.9 Å². The Bertz CT molecular complexity index is 622. The van der Waals surface area contributed by atoms with Crippen LogP contribution < -0.4 is 5.32 Å². The van der Waals surface area contributed by atoms with Crippen LogP contribution in [0.25, 0.3) is 0 Å². The Kier molecular flexibility index (Phi) is 5.61. The third kappa shape index (κ3) is 4.63. The van der Waals surface area contributed by atoms with Gasteiger partial charge in [-0.3, -0.25) is 0 Å². The van der Waals surface area contributed by atoms with E-state index >= 15 is 0 Å². The van der Waals surface area contributed by atoms with Crippen molar-refractivity contribution in [2.24, 2.45) is 0 Å². The van der Waals surface area contributed by atoms with Crippen LogP contribution in [-0.2, 0) is 11.3 Å². The molecule has 0 saturated heterocycles. The molecule has 1 N–H and O–H groups in total. The van der Waals surface area contributed by atoms with E-state index in [-0.39, 0.29) is 6.03 Å². The largest absolute Gasteiger partial charge is 0.464 e. The van der Waals surface area contributed by atoms with E-state index in [0.29, 0.717) is 19.7 Å². The van der Waals surface area contributed by atoms with Crippen LogP contribution in [0.2, 0.25) is 0 Å². The van der Waals surface area contributed by atoms with Gasteiger partial charge in [-0.25, -0.2) is 4.79 Å². The highest BCUT2D eigenvalue weighted by atomic mass is 16.5. The predicted octanol–water partition coefficient (Wildman–Crippen LogP) is 3.58. The van der Waals surface area contributed by atoms with E-state index in [0.717, 1.165) is 22.8 Å². The number of methoxy groups -OCH3 is 1. The standard InChI is InChI=1S/C17H22N2O3/c1-13-5-4-6-15(11-13)18-17(20)19(9-10-21-3)12-16-8-7-14(2)22-16/h4-8,11H,9-10,12H2,1-3H3,(H,18,20). The molecule has 1 heterocycles. The molecule has 2 aromatic rings. The van der Waals surface area contributed by atoms with Crippen LogP contribution in [0.1, 0.15) is 17.1 Å². The van der Waals surface area contributed by atoms with Gasteiger partial charge in [0, 0.05) is 19.3 Å². The molecule has 1 aromatic heterocycles. The number of nitrogens with zero attached hydrogens (tertiary/aromatic N) is 1. The van der Waals surface area contributed by atoms with Gasteiger partial charge >= 0.3 is 6.03 Å². The van der Waals surface area contributed by atoms with Crippen LogP contribution >= 0.6 is 0 Å². The van der Waals surface area contributed by atoms with Gasteiger partial charge in [0.05, 0.1) is 13.2 Å². The topological polar surface area (TPSA) is 54.7 Å². The van der Waals surface area contributed by atoms with Crippen LogP contribution in [0.4, 0.5) is 10.5 Å². The van der Waals surface area contributed by atoms with E-state index in [9.17, 15) is 4.79 Å². The summed E-state index contributed by atoms with van der Waals surface area (Å²) in [5, 5.41) is 2.91. The van der Waals surface area contributed by atoms with Crippen LogP contribution in [0, 0.1) is 13.8 Å². The van der Waals surface area contributed by atoms with E-state index in [4.69, 9.17) is 9.15 Å². The third-order valence-electron chi connectivity index (χ3n) is 3.26. The number of hydrogen-bond donors (Lipinski definition) is 1. The average molecular weight is 302 g/mol. The summed E-state index contributed by atoms with van der Waals surface area (Å²) in [7, 11) is 1.62. The second kappa shape index (κ2) is 7.66. The van der Waals surface area contributed by atoms with Gasteiger partial charge in [-0.1, -0.05) is 12.1 Å². The fourth-order valence-electron chi connectivity index (χ4n) is 2.14. The van der Waals surface area contributed by atoms with Gasteiger partial charge in [0.15, 0.2) is 0 Å². The minimum absolute atomic E-state index is 0.170. The number of anilines is 1. The Morgan fingerprint density at radius 3 is 2.73 bits per heavy atom. The minimum Gasteiger partial charge on any atom is -0.464 e. The zero-order chi connectivity index (χ0) is 15.9. The number of carbonyl (C=O) groups is 1. The maximum atomic E-state index is 12.5. The van der Waals surface area contributed by atoms with Gasteiger partial charge in [-0.2, -0.15) is 0 Å². The first-order chi connectivity index (χ1) is 10.6. The molecule has 2 amide bonds. The Balaban J connectivity index is 2.05. The lowest BCUT2D eigenvalue weighted by Crippen LogP contribution is -2.36. The first-order valence-corrected chi connectivity index (χ1v) is 7.25. The lowest BCUT2D eigenvalue weighted by molar-refractivity contribution is 0.149. The summed E-state index contributed by atoms with van der Waals surface area (Å²) in [6.07, 6.45) is 0. The van der Waals surface area contributed by atoms with E-state index in [1.165, 1.54) is 0 Å². The maximum absolute atomic E-state index is 12.5. The van der Waals surface area contributed by atoms with E-state index in [1.807, 2.05) is 50.2 Å². The number of aryl methyl sites for hydroxylation is 2. The van der Waals surface area contributed by atoms with Gasteiger partial charge < -0.3 is 19.4 Å². The number of urea groups is 1. The van der Waals surface area contributed by atoms with Gasteiger partial charge in [-0.15, -0.1) is 0 Å². The van der Waals surface area contributed by atoms with Crippen LogP contribution in [0.3, 0.4) is 0 Å². The second-order valence-corrected chi connectivity index (χ2v) is 5.23. The zero-order valence-electron chi connectivity index (χ0n) is 13.3. The smallest absolute Gasteiger partial charge is 0.322 e. The number of amides is 2. The van der Waals surface area contributed by atoms with Crippen LogP contribution in [-0.4, -0.2) is 31.2 Å². The average Bonchev–Trinajstić information content (AvgIpc) is 2.88. The highest BCUT2D eigenvalue weighted by Gasteiger charge is 2.15. The third-order valence-corrected chi connectivity index (χ3v) is 3.26. The summed E-state index contributed by atoms with van der Waals surface area (Å²) in [5.74, 6) is 1.59. The van der Waals surface area contributed by atoms with Crippen LogP contribution in [0.15, 0.2) is 40.8 Å². The molecule has 0 radical (unpaired) electrons. The molecule has 2 rings (SSSR count).